The Labute approximate surface area is 224 Å². The lowest BCUT2D eigenvalue weighted by molar-refractivity contribution is 0.101. The van der Waals surface area contributed by atoms with Crippen LogP contribution in [0.25, 0.3) is 17.1 Å². The van der Waals surface area contributed by atoms with Crippen LogP contribution in [0.3, 0.4) is 0 Å². The number of nitrogens with zero attached hydrogens (tertiary/aromatic N) is 4. The number of Topliss-reactive ketones (excluding diaryl/α,β-unsaturated/α-hetero) is 1. The first-order chi connectivity index (χ1) is 18.2. The number of hydrogen-bond acceptors (Lipinski definition) is 8. The molecule has 9 nitrogen and oxygen atoms in total. The molecule has 0 spiro atoms. The van der Waals surface area contributed by atoms with Crippen LogP contribution in [0.5, 0.6) is 11.5 Å². The summed E-state index contributed by atoms with van der Waals surface area (Å²) in [5.74, 6) is 0.178. The molecule has 0 aliphatic carbocycles. The Kier molecular flexibility index (Phi) is 8.14. The van der Waals surface area contributed by atoms with Gasteiger partial charge in [-0.2, -0.15) is 0 Å². The van der Waals surface area contributed by atoms with Crippen molar-refractivity contribution < 1.29 is 27.1 Å². The van der Waals surface area contributed by atoms with Crippen LogP contribution < -0.4 is 9.47 Å². The molecule has 0 N–H and O–H groups in total. The maximum Gasteiger partial charge on any atom is 0.242 e. The van der Waals surface area contributed by atoms with Crippen LogP contribution in [0.4, 0.5) is 4.39 Å². The molecular formula is C26H25FN4O5S2. The highest BCUT2D eigenvalue weighted by Gasteiger charge is 2.24. The summed E-state index contributed by atoms with van der Waals surface area (Å²) >= 11 is 1.07. The second-order valence-electron chi connectivity index (χ2n) is 8.19. The van der Waals surface area contributed by atoms with Gasteiger partial charge < -0.3 is 9.47 Å². The van der Waals surface area contributed by atoms with E-state index in [2.05, 4.69) is 10.2 Å². The second kappa shape index (κ2) is 11.3. The fraction of sp³-hybridized carbons (Fsp3) is 0.192. The van der Waals surface area contributed by atoms with E-state index in [0.29, 0.717) is 33.7 Å². The summed E-state index contributed by atoms with van der Waals surface area (Å²) in [5.41, 5.74) is 0.956. The van der Waals surface area contributed by atoms with Gasteiger partial charge in [-0.05, 0) is 36.4 Å². The average Bonchev–Trinajstić information content (AvgIpc) is 3.35. The van der Waals surface area contributed by atoms with Crippen molar-refractivity contribution in [3.63, 3.8) is 0 Å². The molecule has 0 radical (unpaired) electrons. The number of halogens is 1. The van der Waals surface area contributed by atoms with Crippen molar-refractivity contribution in [2.75, 3.05) is 34.1 Å². The summed E-state index contributed by atoms with van der Waals surface area (Å²) < 4.78 is 53.5. The van der Waals surface area contributed by atoms with Crippen molar-refractivity contribution in [3.8, 4) is 28.6 Å². The minimum atomic E-state index is -3.71. The molecule has 12 heteroatoms. The number of benzene rings is 3. The molecule has 4 rings (SSSR count). The SMILES string of the molecule is COc1ccc(OC)c(-n2c(SCC(=O)c3ccccc3F)nnc2-c2cccc(S(=O)(=O)N(C)C)c2)c1. The van der Waals surface area contributed by atoms with Gasteiger partial charge in [0.25, 0.3) is 0 Å². The number of aromatic nitrogens is 3. The largest absolute Gasteiger partial charge is 0.497 e. The van der Waals surface area contributed by atoms with Crippen molar-refractivity contribution in [3.05, 3.63) is 78.1 Å². The van der Waals surface area contributed by atoms with Crippen LogP contribution in [0.1, 0.15) is 10.4 Å². The van der Waals surface area contributed by atoms with E-state index in [4.69, 9.17) is 9.47 Å². The molecule has 0 fully saturated rings. The van der Waals surface area contributed by atoms with Gasteiger partial charge in [0, 0.05) is 25.7 Å². The molecule has 0 saturated carbocycles. The predicted octanol–water partition coefficient (Wildman–Crippen LogP) is 4.32. The molecule has 0 bridgehead atoms. The molecule has 0 unspecified atom stereocenters. The van der Waals surface area contributed by atoms with Crippen LogP contribution >= 0.6 is 11.8 Å². The quantitative estimate of drug-likeness (QED) is 0.210. The van der Waals surface area contributed by atoms with Gasteiger partial charge in [0.05, 0.1) is 36.1 Å². The summed E-state index contributed by atoms with van der Waals surface area (Å²) in [6.07, 6.45) is 0. The van der Waals surface area contributed by atoms with Crippen molar-refractivity contribution in [2.45, 2.75) is 10.1 Å². The van der Waals surface area contributed by atoms with Gasteiger partial charge in [-0.15, -0.1) is 10.2 Å². The van der Waals surface area contributed by atoms with Crippen LogP contribution in [-0.4, -0.2) is 67.3 Å². The summed E-state index contributed by atoms with van der Waals surface area (Å²) in [7, 11) is 2.22. The van der Waals surface area contributed by atoms with E-state index in [1.807, 2.05) is 0 Å². The normalized spacial score (nSPS) is 11.5. The standard InChI is InChI=1S/C26H25FN4O5S2/c1-30(2)38(33,34)19-9-7-8-17(14-19)25-28-29-26(37-16-23(32)20-10-5-6-11-21(20)27)31(25)22-15-18(35-3)12-13-24(22)36-4/h5-15H,16H2,1-4H3. The minimum Gasteiger partial charge on any atom is -0.497 e. The van der Waals surface area contributed by atoms with E-state index in [9.17, 15) is 17.6 Å². The molecule has 0 saturated heterocycles. The summed E-state index contributed by atoms with van der Waals surface area (Å²) in [5, 5.41) is 8.94. The van der Waals surface area contributed by atoms with E-state index < -0.39 is 21.6 Å². The van der Waals surface area contributed by atoms with Gasteiger partial charge in [0.1, 0.15) is 17.3 Å². The molecule has 0 aliphatic rings. The number of sulfonamides is 1. The molecular weight excluding hydrogens is 531 g/mol. The first-order valence-electron chi connectivity index (χ1n) is 11.3. The average molecular weight is 557 g/mol. The summed E-state index contributed by atoms with van der Waals surface area (Å²) in [4.78, 5) is 12.9. The second-order valence-corrected chi connectivity index (χ2v) is 11.3. The van der Waals surface area contributed by atoms with Crippen LogP contribution in [-0.2, 0) is 10.0 Å². The number of hydrogen-bond donors (Lipinski definition) is 0. The lowest BCUT2D eigenvalue weighted by Crippen LogP contribution is -2.22. The minimum absolute atomic E-state index is 0.0214. The summed E-state index contributed by atoms with van der Waals surface area (Å²) in [6.45, 7) is 0. The molecule has 0 atom stereocenters. The fourth-order valence-electron chi connectivity index (χ4n) is 3.64. The zero-order valence-electron chi connectivity index (χ0n) is 21.1. The topological polar surface area (TPSA) is 104 Å². The lowest BCUT2D eigenvalue weighted by atomic mass is 10.1. The van der Waals surface area contributed by atoms with Crippen molar-refractivity contribution in [1.29, 1.82) is 0 Å². The molecule has 38 heavy (non-hydrogen) atoms. The van der Waals surface area contributed by atoms with E-state index in [1.165, 1.54) is 58.6 Å². The Hall–Kier alpha value is -3.74. The van der Waals surface area contributed by atoms with Crippen LogP contribution in [0, 0.1) is 5.82 Å². The third-order valence-electron chi connectivity index (χ3n) is 5.64. The van der Waals surface area contributed by atoms with E-state index in [0.717, 1.165) is 16.1 Å². The van der Waals surface area contributed by atoms with Gasteiger partial charge in [-0.1, -0.05) is 36.0 Å². The maximum atomic E-state index is 14.2. The number of rotatable bonds is 10. The van der Waals surface area contributed by atoms with Crippen molar-refractivity contribution in [1.82, 2.24) is 19.1 Å². The number of thioether (sulfide) groups is 1. The lowest BCUT2D eigenvalue weighted by Gasteiger charge is -2.16. The van der Waals surface area contributed by atoms with Gasteiger partial charge in [0.2, 0.25) is 10.0 Å². The number of ketones is 1. The fourth-order valence-corrected chi connectivity index (χ4v) is 5.42. The van der Waals surface area contributed by atoms with Gasteiger partial charge >= 0.3 is 0 Å². The number of carbonyl (C=O) groups excluding carboxylic acids is 1. The highest BCUT2D eigenvalue weighted by molar-refractivity contribution is 7.99. The maximum absolute atomic E-state index is 14.2. The van der Waals surface area contributed by atoms with Crippen LogP contribution in [0.2, 0.25) is 0 Å². The third-order valence-corrected chi connectivity index (χ3v) is 8.38. The highest BCUT2D eigenvalue weighted by atomic mass is 32.2. The molecule has 198 valence electrons. The Morgan fingerprint density at radius 3 is 2.45 bits per heavy atom. The van der Waals surface area contributed by atoms with E-state index in [1.54, 1.807) is 41.0 Å². The zero-order chi connectivity index (χ0) is 27.4. The Bertz CT molecular complexity index is 1590. The Morgan fingerprint density at radius 2 is 1.76 bits per heavy atom. The van der Waals surface area contributed by atoms with Crippen molar-refractivity contribution in [2.24, 2.45) is 0 Å². The highest BCUT2D eigenvalue weighted by Crippen LogP contribution is 2.35. The van der Waals surface area contributed by atoms with Gasteiger partial charge in [0.15, 0.2) is 16.8 Å². The van der Waals surface area contributed by atoms with Gasteiger partial charge in [-0.3, -0.25) is 9.36 Å². The molecule has 1 heterocycles. The molecule has 3 aromatic carbocycles. The number of ether oxygens (including phenoxy) is 2. The smallest absolute Gasteiger partial charge is 0.242 e. The third kappa shape index (κ3) is 5.42. The van der Waals surface area contributed by atoms with Crippen LogP contribution in [0.15, 0.2) is 76.8 Å². The Balaban J connectivity index is 1.84. The van der Waals surface area contributed by atoms with E-state index in [-0.39, 0.29) is 16.2 Å². The predicted molar refractivity (Wildman–Crippen MR) is 142 cm³/mol. The first-order valence-corrected chi connectivity index (χ1v) is 13.7. The first kappa shape index (κ1) is 27.3. The van der Waals surface area contributed by atoms with E-state index >= 15 is 0 Å². The molecule has 0 aliphatic heterocycles. The molecule has 1 aromatic heterocycles. The zero-order valence-corrected chi connectivity index (χ0v) is 22.7. The van der Waals surface area contributed by atoms with Crippen molar-refractivity contribution >= 4 is 27.6 Å². The number of carbonyl (C=O) groups is 1. The Morgan fingerprint density at radius 1 is 1.00 bits per heavy atom. The summed E-state index contributed by atoms with van der Waals surface area (Å²) in [6, 6.07) is 17.2. The monoisotopic (exact) mass is 556 g/mol. The number of methoxy groups -OCH3 is 2. The molecule has 0 amide bonds. The van der Waals surface area contributed by atoms with Gasteiger partial charge in [-0.25, -0.2) is 17.1 Å². The molecule has 4 aromatic rings.